The molecule has 1 aliphatic heterocycles. The smallest absolute Gasteiger partial charge is 0.283 e. The summed E-state index contributed by atoms with van der Waals surface area (Å²) in [5.74, 6) is 0.513. The number of nitrogens with one attached hydrogen (secondary N) is 1. The maximum atomic E-state index is 13.4. The van der Waals surface area contributed by atoms with Gasteiger partial charge in [0.25, 0.3) is 5.91 Å². The van der Waals surface area contributed by atoms with Crippen molar-refractivity contribution in [1.29, 1.82) is 0 Å². The first-order chi connectivity index (χ1) is 16.4. The van der Waals surface area contributed by atoms with Crippen LogP contribution in [-0.2, 0) is 9.59 Å². The molecule has 0 aromatic heterocycles. The molecule has 0 bridgehead atoms. The number of amides is 2. The van der Waals surface area contributed by atoms with Crippen LogP contribution in [0.25, 0.3) is 6.08 Å². The SMILES string of the molecule is Cc1ccc(N2C(=O)C(=Cc3ccc(C(C)C)cc3)N=C2SCC(=O)NC2CCCCC2)cc1. The first-order valence-corrected chi connectivity index (χ1v) is 13.1. The Hall–Kier alpha value is -2.86. The van der Waals surface area contributed by atoms with Crippen molar-refractivity contribution in [2.75, 3.05) is 10.7 Å². The van der Waals surface area contributed by atoms with E-state index in [9.17, 15) is 9.59 Å². The molecule has 4 rings (SSSR count). The van der Waals surface area contributed by atoms with E-state index in [1.165, 1.54) is 36.6 Å². The molecular weight excluding hydrogens is 442 g/mol. The van der Waals surface area contributed by atoms with E-state index in [-0.39, 0.29) is 23.6 Å². The molecule has 2 aromatic carbocycles. The zero-order valence-corrected chi connectivity index (χ0v) is 21.0. The normalized spacial score (nSPS) is 18.0. The third-order valence-electron chi connectivity index (χ3n) is 6.33. The Morgan fingerprint density at radius 1 is 1.09 bits per heavy atom. The van der Waals surface area contributed by atoms with Crippen molar-refractivity contribution in [3.05, 3.63) is 70.9 Å². The molecule has 2 aliphatic rings. The van der Waals surface area contributed by atoms with Gasteiger partial charge in [0, 0.05) is 6.04 Å². The van der Waals surface area contributed by atoms with E-state index in [2.05, 4.69) is 36.3 Å². The molecule has 0 saturated heterocycles. The first kappa shape index (κ1) is 24.3. The molecule has 2 aromatic rings. The van der Waals surface area contributed by atoms with Gasteiger partial charge in [-0.2, -0.15) is 0 Å². The van der Waals surface area contributed by atoms with Crippen LogP contribution in [0.5, 0.6) is 0 Å². The summed E-state index contributed by atoms with van der Waals surface area (Å²) in [7, 11) is 0. The van der Waals surface area contributed by atoms with Gasteiger partial charge in [-0.15, -0.1) is 0 Å². The van der Waals surface area contributed by atoms with Crippen LogP contribution in [0.4, 0.5) is 5.69 Å². The van der Waals surface area contributed by atoms with Gasteiger partial charge in [0.15, 0.2) is 5.17 Å². The summed E-state index contributed by atoms with van der Waals surface area (Å²) in [6, 6.07) is 16.3. The molecule has 1 fully saturated rings. The maximum absolute atomic E-state index is 13.4. The number of amidine groups is 1. The second kappa shape index (κ2) is 11.0. The summed E-state index contributed by atoms with van der Waals surface area (Å²) in [5.41, 5.74) is 4.45. The first-order valence-electron chi connectivity index (χ1n) is 12.1. The highest BCUT2D eigenvalue weighted by Gasteiger charge is 2.32. The van der Waals surface area contributed by atoms with Crippen LogP contribution in [-0.4, -0.2) is 28.8 Å². The molecule has 0 spiro atoms. The molecule has 6 heteroatoms. The summed E-state index contributed by atoms with van der Waals surface area (Å²) >= 11 is 1.31. The third kappa shape index (κ3) is 5.98. The van der Waals surface area contributed by atoms with Crippen molar-refractivity contribution in [2.45, 2.75) is 64.8 Å². The summed E-state index contributed by atoms with van der Waals surface area (Å²) < 4.78 is 0. The van der Waals surface area contributed by atoms with Gasteiger partial charge in [-0.3, -0.25) is 14.5 Å². The Morgan fingerprint density at radius 3 is 2.41 bits per heavy atom. The second-order valence-corrected chi connectivity index (χ2v) is 10.4. The minimum absolute atomic E-state index is 0.00221. The second-order valence-electron chi connectivity index (χ2n) is 9.41. The summed E-state index contributed by atoms with van der Waals surface area (Å²) in [6.45, 7) is 6.33. The van der Waals surface area contributed by atoms with Crippen LogP contribution in [0.1, 0.15) is 68.6 Å². The van der Waals surface area contributed by atoms with E-state index in [1.807, 2.05) is 49.4 Å². The Kier molecular flexibility index (Phi) is 7.88. The van der Waals surface area contributed by atoms with Crippen molar-refractivity contribution in [3.8, 4) is 0 Å². The van der Waals surface area contributed by atoms with E-state index in [0.29, 0.717) is 16.8 Å². The van der Waals surface area contributed by atoms with E-state index in [1.54, 1.807) is 4.90 Å². The van der Waals surface area contributed by atoms with Gasteiger partial charge in [-0.25, -0.2) is 4.99 Å². The number of thioether (sulfide) groups is 1. The fourth-order valence-corrected chi connectivity index (χ4v) is 5.12. The highest BCUT2D eigenvalue weighted by Crippen LogP contribution is 2.30. The molecule has 0 unspecified atom stereocenters. The number of carbonyl (C=O) groups excluding carboxylic acids is 2. The molecule has 1 saturated carbocycles. The Bertz CT molecular complexity index is 1080. The Morgan fingerprint density at radius 2 is 1.76 bits per heavy atom. The highest BCUT2D eigenvalue weighted by atomic mass is 32.2. The summed E-state index contributed by atoms with van der Waals surface area (Å²) in [5, 5.41) is 3.69. The molecule has 2 amide bonds. The van der Waals surface area contributed by atoms with Crippen LogP contribution < -0.4 is 10.2 Å². The van der Waals surface area contributed by atoms with Gasteiger partial charge in [-0.05, 0) is 55.0 Å². The molecule has 0 radical (unpaired) electrons. The third-order valence-corrected chi connectivity index (χ3v) is 7.27. The molecule has 0 atom stereocenters. The van der Waals surface area contributed by atoms with E-state index < -0.39 is 0 Å². The Labute approximate surface area is 206 Å². The van der Waals surface area contributed by atoms with Crippen molar-refractivity contribution < 1.29 is 9.59 Å². The lowest BCUT2D eigenvalue weighted by Crippen LogP contribution is -2.38. The standard InChI is InChI=1S/C28H33N3O2S/c1-19(2)22-13-11-21(12-14-22)17-25-27(33)31(24-15-9-20(3)10-16-24)28(30-25)34-18-26(32)29-23-7-5-4-6-8-23/h9-17,19,23H,4-8,18H2,1-3H3,(H,29,32). The fraction of sp³-hybridized carbons (Fsp3) is 0.393. The van der Waals surface area contributed by atoms with Gasteiger partial charge < -0.3 is 5.32 Å². The fourth-order valence-electron chi connectivity index (χ4n) is 4.30. The minimum Gasteiger partial charge on any atom is -0.353 e. The van der Waals surface area contributed by atoms with Gasteiger partial charge in [0.2, 0.25) is 5.91 Å². The van der Waals surface area contributed by atoms with Crippen LogP contribution in [0.15, 0.2) is 59.2 Å². The lowest BCUT2D eigenvalue weighted by atomic mass is 9.95. The molecule has 34 heavy (non-hydrogen) atoms. The number of hydrogen-bond acceptors (Lipinski definition) is 4. The number of aliphatic imine (C=N–C) groups is 1. The highest BCUT2D eigenvalue weighted by molar-refractivity contribution is 8.14. The molecule has 178 valence electrons. The molecule has 1 aliphatic carbocycles. The maximum Gasteiger partial charge on any atom is 0.283 e. The zero-order chi connectivity index (χ0) is 24.1. The zero-order valence-electron chi connectivity index (χ0n) is 20.2. The van der Waals surface area contributed by atoms with E-state index in [0.717, 1.165) is 29.7 Å². The minimum atomic E-state index is -0.174. The molecule has 5 nitrogen and oxygen atoms in total. The van der Waals surface area contributed by atoms with Crippen molar-refractivity contribution in [1.82, 2.24) is 5.32 Å². The number of carbonyl (C=O) groups is 2. The lowest BCUT2D eigenvalue weighted by Gasteiger charge is -2.23. The van der Waals surface area contributed by atoms with Crippen LogP contribution in [0.2, 0.25) is 0 Å². The number of anilines is 1. The number of nitrogens with zero attached hydrogens (tertiary/aromatic N) is 2. The van der Waals surface area contributed by atoms with Gasteiger partial charge >= 0.3 is 0 Å². The number of benzene rings is 2. The average molecular weight is 476 g/mol. The lowest BCUT2D eigenvalue weighted by molar-refractivity contribution is -0.119. The predicted molar refractivity (Wildman–Crippen MR) is 142 cm³/mol. The van der Waals surface area contributed by atoms with Gasteiger partial charge in [-0.1, -0.05) is 86.8 Å². The molecular formula is C28H33N3O2S. The Balaban J connectivity index is 1.53. The van der Waals surface area contributed by atoms with Gasteiger partial charge in [0.1, 0.15) is 5.70 Å². The predicted octanol–water partition coefficient (Wildman–Crippen LogP) is 6.04. The van der Waals surface area contributed by atoms with E-state index in [4.69, 9.17) is 0 Å². The number of aryl methyl sites for hydroxylation is 1. The molecule has 1 N–H and O–H groups in total. The number of rotatable bonds is 6. The largest absolute Gasteiger partial charge is 0.353 e. The van der Waals surface area contributed by atoms with Crippen molar-refractivity contribution in [2.24, 2.45) is 4.99 Å². The van der Waals surface area contributed by atoms with Crippen LogP contribution in [0.3, 0.4) is 0 Å². The average Bonchev–Trinajstić information content (AvgIpc) is 3.14. The van der Waals surface area contributed by atoms with Gasteiger partial charge in [0.05, 0.1) is 11.4 Å². The number of hydrogen-bond donors (Lipinski definition) is 1. The van der Waals surface area contributed by atoms with Crippen LogP contribution in [0, 0.1) is 6.92 Å². The van der Waals surface area contributed by atoms with E-state index >= 15 is 0 Å². The van der Waals surface area contributed by atoms with Crippen LogP contribution >= 0.6 is 11.8 Å². The monoisotopic (exact) mass is 475 g/mol. The van der Waals surface area contributed by atoms with Crippen molar-refractivity contribution >= 4 is 40.5 Å². The quantitative estimate of drug-likeness (QED) is 0.518. The molecule has 1 heterocycles. The summed E-state index contributed by atoms with van der Waals surface area (Å²) in [4.78, 5) is 32.2. The van der Waals surface area contributed by atoms with Crippen molar-refractivity contribution in [3.63, 3.8) is 0 Å². The topological polar surface area (TPSA) is 61.8 Å². The summed E-state index contributed by atoms with van der Waals surface area (Å²) in [6.07, 6.45) is 7.52.